The van der Waals surface area contributed by atoms with Gasteiger partial charge < -0.3 is 14.8 Å². The predicted octanol–water partition coefficient (Wildman–Crippen LogP) is 4.04. The van der Waals surface area contributed by atoms with Gasteiger partial charge in [-0.25, -0.2) is 0 Å². The molecule has 1 saturated heterocycles. The molecule has 1 fully saturated rings. The van der Waals surface area contributed by atoms with Crippen LogP contribution in [0.1, 0.15) is 18.4 Å². The molecular weight excluding hydrogens is 372 g/mol. The fourth-order valence-electron chi connectivity index (χ4n) is 3.44. The van der Waals surface area contributed by atoms with E-state index in [-0.39, 0.29) is 12.0 Å². The molecule has 0 aliphatic carbocycles. The summed E-state index contributed by atoms with van der Waals surface area (Å²) < 4.78 is 11.3. The molecule has 1 aliphatic rings. The van der Waals surface area contributed by atoms with Crippen LogP contribution < -0.4 is 10.1 Å². The maximum absolute atomic E-state index is 12.7. The van der Waals surface area contributed by atoms with E-state index in [4.69, 9.17) is 9.47 Å². The van der Waals surface area contributed by atoms with Crippen molar-refractivity contribution in [1.82, 2.24) is 4.90 Å². The molecule has 28 heavy (non-hydrogen) atoms. The van der Waals surface area contributed by atoms with E-state index in [0.717, 1.165) is 47.9 Å². The largest absolute Gasteiger partial charge is 0.496 e. The quantitative estimate of drug-likeness (QED) is 0.644. The number of benzene rings is 2. The topological polar surface area (TPSA) is 50.8 Å². The van der Waals surface area contributed by atoms with Crippen molar-refractivity contribution in [2.24, 2.45) is 0 Å². The van der Waals surface area contributed by atoms with Crippen LogP contribution in [0.25, 0.3) is 0 Å². The highest BCUT2D eigenvalue weighted by Gasteiger charge is 2.22. The third-order valence-electron chi connectivity index (χ3n) is 4.79. The zero-order valence-corrected chi connectivity index (χ0v) is 17.3. The van der Waals surface area contributed by atoms with Gasteiger partial charge in [0.2, 0.25) is 5.91 Å². The molecule has 0 bridgehead atoms. The van der Waals surface area contributed by atoms with E-state index in [1.807, 2.05) is 54.8 Å². The molecule has 0 saturated carbocycles. The van der Waals surface area contributed by atoms with Crippen molar-refractivity contribution < 1.29 is 14.3 Å². The molecule has 2 aromatic rings. The Morgan fingerprint density at radius 1 is 1.29 bits per heavy atom. The molecule has 0 aromatic heterocycles. The van der Waals surface area contributed by atoms with E-state index < -0.39 is 0 Å². The molecule has 0 radical (unpaired) electrons. The average Bonchev–Trinajstić information content (AvgIpc) is 3.21. The van der Waals surface area contributed by atoms with Gasteiger partial charge in [-0.15, -0.1) is 11.8 Å². The van der Waals surface area contributed by atoms with E-state index in [9.17, 15) is 4.79 Å². The van der Waals surface area contributed by atoms with E-state index in [1.54, 1.807) is 18.9 Å². The highest BCUT2D eigenvalue weighted by molar-refractivity contribution is 7.98. The molecule has 6 heteroatoms. The third kappa shape index (κ3) is 5.99. The van der Waals surface area contributed by atoms with E-state index in [0.29, 0.717) is 13.1 Å². The normalized spacial score (nSPS) is 16.3. The zero-order valence-electron chi connectivity index (χ0n) is 16.5. The molecule has 150 valence electrons. The second-order valence-corrected chi connectivity index (χ2v) is 7.78. The number of amides is 1. The first-order valence-electron chi connectivity index (χ1n) is 9.57. The van der Waals surface area contributed by atoms with Gasteiger partial charge in [0.1, 0.15) is 5.75 Å². The van der Waals surface area contributed by atoms with Gasteiger partial charge >= 0.3 is 0 Å². The number of carbonyl (C=O) groups excluding carboxylic acids is 1. The van der Waals surface area contributed by atoms with Crippen LogP contribution in [-0.4, -0.2) is 50.0 Å². The summed E-state index contributed by atoms with van der Waals surface area (Å²) in [6, 6.07) is 15.9. The van der Waals surface area contributed by atoms with Crippen molar-refractivity contribution in [2.45, 2.75) is 30.4 Å². The first-order valence-corrected chi connectivity index (χ1v) is 10.8. The number of carbonyl (C=O) groups is 1. The Morgan fingerprint density at radius 2 is 2.14 bits per heavy atom. The van der Waals surface area contributed by atoms with Crippen LogP contribution >= 0.6 is 11.8 Å². The maximum Gasteiger partial charge on any atom is 0.238 e. The minimum absolute atomic E-state index is 0.0221. The highest BCUT2D eigenvalue weighted by Crippen LogP contribution is 2.22. The number of rotatable bonds is 9. The van der Waals surface area contributed by atoms with Gasteiger partial charge in [0.25, 0.3) is 0 Å². The summed E-state index contributed by atoms with van der Waals surface area (Å²) in [5.74, 6) is 0.819. The van der Waals surface area contributed by atoms with E-state index >= 15 is 0 Å². The smallest absolute Gasteiger partial charge is 0.238 e. The van der Waals surface area contributed by atoms with Crippen LogP contribution in [0.15, 0.2) is 53.4 Å². The lowest BCUT2D eigenvalue weighted by Crippen LogP contribution is -2.38. The second kappa shape index (κ2) is 10.5. The van der Waals surface area contributed by atoms with Gasteiger partial charge in [-0.3, -0.25) is 9.69 Å². The zero-order chi connectivity index (χ0) is 19.8. The van der Waals surface area contributed by atoms with E-state index in [1.165, 1.54) is 0 Å². The van der Waals surface area contributed by atoms with Crippen molar-refractivity contribution in [2.75, 3.05) is 38.4 Å². The Kier molecular flexibility index (Phi) is 7.77. The fraction of sp³-hybridized carbons (Fsp3) is 0.409. The lowest BCUT2D eigenvalue weighted by Gasteiger charge is -2.25. The van der Waals surface area contributed by atoms with Crippen LogP contribution in [0.2, 0.25) is 0 Å². The molecule has 1 unspecified atom stereocenters. The molecule has 1 heterocycles. The van der Waals surface area contributed by atoms with Gasteiger partial charge in [0.15, 0.2) is 0 Å². The molecule has 5 nitrogen and oxygen atoms in total. The Hall–Kier alpha value is -2.02. The van der Waals surface area contributed by atoms with Crippen LogP contribution in [0.5, 0.6) is 5.75 Å². The summed E-state index contributed by atoms with van der Waals surface area (Å²) >= 11 is 1.66. The van der Waals surface area contributed by atoms with Crippen molar-refractivity contribution in [3.8, 4) is 5.75 Å². The van der Waals surface area contributed by atoms with Gasteiger partial charge in [-0.05, 0) is 43.4 Å². The number of ether oxygens (including phenoxy) is 2. The lowest BCUT2D eigenvalue weighted by molar-refractivity contribution is -0.117. The Bertz CT molecular complexity index is 778. The first kappa shape index (κ1) is 20.7. The minimum atomic E-state index is -0.0221. The average molecular weight is 401 g/mol. The number of anilines is 1. The molecule has 1 amide bonds. The standard InChI is InChI=1S/C22H28N2O3S/c1-26-21-11-4-3-7-17(21)14-24(15-19-9-6-12-27-19)16-22(25)23-18-8-5-10-20(13-18)28-2/h3-5,7-8,10-11,13,19H,6,9,12,14-16H2,1-2H3,(H,23,25). The van der Waals surface area contributed by atoms with Crippen molar-refractivity contribution >= 4 is 23.4 Å². The third-order valence-corrected chi connectivity index (χ3v) is 5.52. The van der Waals surface area contributed by atoms with Gasteiger partial charge in [0.05, 0.1) is 19.8 Å². The Morgan fingerprint density at radius 3 is 2.89 bits per heavy atom. The summed E-state index contributed by atoms with van der Waals surface area (Å²) in [6.45, 7) is 2.49. The molecule has 0 spiro atoms. The monoisotopic (exact) mass is 400 g/mol. The molecule has 1 aliphatic heterocycles. The number of nitrogens with zero attached hydrogens (tertiary/aromatic N) is 1. The summed E-state index contributed by atoms with van der Waals surface area (Å²) in [7, 11) is 1.68. The Labute approximate surface area is 171 Å². The SMILES string of the molecule is COc1ccccc1CN(CC(=O)Nc1cccc(SC)c1)CC1CCCO1. The Balaban J connectivity index is 1.67. The number of methoxy groups -OCH3 is 1. The number of hydrogen-bond donors (Lipinski definition) is 1. The predicted molar refractivity (Wildman–Crippen MR) is 114 cm³/mol. The lowest BCUT2D eigenvalue weighted by atomic mass is 10.1. The van der Waals surface area contributed by atoms with Gasteiger partial charge in [-0.1, -0.05) is 24.3 Å². The molecule has 1 atom stereocenters. The van der Waals surface area contributed by atoms with Gasteiger partial charge in [-0.2, -0.15) is 0 Å². The number of para-hydroxylation sites is 1. The molecule has 3 rings (SSSR count). The highest BCUT2D eigenvalue weighted by atomic mass is 32.2. The minimum Gasteiger partial charge on any atom is -0.496 e. The summed E-state index contributed by atoms with van der Waals surface area (Å²) in [5, 5.41) is 3.02. The summed E-state index contributed by atoms with van der Waals surface area (Å²) in [4.78, 5) is 16.0. The maximum atomic E-state index is 12.7. The van der Waals surface area contributed by atoms with Crippen molar-refractivity contribution in [3.63, 3.8) is 0 Å². The van der Waals surface area contributed by atoms with Crippen LogP contribution in [0, 0.1) is 0 Å². The first-order chi connectivity index (χ1) is 13.7. The van der Waals surface area contributed by atoms with Crippen LogP contribution in [0.3, 0.4) is 0 Å². The van der Waals surface area contributed by atoms with Crippen molar-refractivity contribution in [1.29, 1.82) is 0 Å². The number of nitrogens with one attached hydrogen (secondary N) is 1. The fourth-order valence-corrected chi connectivity index (χ4v) is 3.90. The van der Waals surface area contributed by atoms with Gasteiger partial charge in [0, 0.05) is 35.8 Å². The number of thioether (sulfide) groups is 1. The summed E-state index contributed by atoms with van der Waals surface area (Å²) in [5.41, 5.74) is 1.89. The van der Waals surface area contributed by atoms with Crippen molar-refractivity contribution in [3.05, 3.63) is 54.1 Å². The second-order valence-electron chi connectivity index (χ2n) is 6.90. The number of hydrogen-bond acceptors (Lipinski definition) is 5. The van der Waals surface area contributed by atoms with Crippen LogP contribution in [-0.2, 0) is 16.1 Å². The molecule has 1 N–H and O–H groups in total. The van der Waals surface area contributed by atoms with Crippen LogP contribution in [0.4, 0.5) is 5.69 Å². The molecule has 2 aromatic carbocycles. The summed E-state index contributed by atoms with van der Waals surface area (Å²) in [6.07, 6.45) is 4.33. The van der Waals surface area contributed by atoms with E-state index in [2.05, 4.69) is 10.2 Å². The molecular formula is C22H28N2O3S.